The lowest BCUT2D eigenvalue weighted by Crippen LogP contribution is -2.17. The fourth-order valence-corrected chi connectivity index (χ4v) is 1.98. The van der Waals surface area contributed by atoms with Gasteiger partial charge in [0.05, 0.1) is 6.04 Å². The van der Waals surface area contributed by atoms with E-state index in [1.54, 1.807) is 0 Å². The van der Waals surface area contributed by atoms with Gasteiger partial charge in [-0.25, -0.2) is 0 Å². The predicted molar refractivity (Wildman–Crippen MR) is 56.3 cm³/mol. The molecule has 1 aliphatic heterocycles. The Morgan fingerprint density at radius 1 is 1.53 bits per heavy atom. The molecule has 1 atom stereocenters. The van der Waals surface area contributed by atoms with Crippen LogP contribution >= 0.6 is 0 Å². The Morgan fingerprint density at radius 3 is 3.07 bits per heavy atom. The second-order valence-corrected chi connectivity index (χ2v) is 4.06. The summed E-state index contributed by atoms with van der Waals surface area (Å²) < 4.78 is 5.62. The van der Waals surface area contributed by atoms with Gasteiger partial charge in [0, 0.05) is 6.42 Å². The number of nitrogens with zero attached hydrogens (tertiary/aromatic N) is 3. The summed E-state index contributed by atoms with van der Waals surface area (Å²) in [6.07, 6.45) is 4.03. The van der Waals surface area contributed by atoms with Crippen molar-refractivity contribution in [3.05, 3.63) is 11.8 Å². The Morgan fingerprint density at radius 2 is 2.40 bits per heavy atom. The maximum Gasteiger partial charge on any atom is 0.233 e. The molecule has 15 heavy (non-hydrogen) atoms. The number of likely N-dealkylation sites (tertiary alicyclic amines) is 1. The van der Waals surface area contributed by atoms with Crippen molar-refractivity contribution in [1.82, 2.24) is 15.1 Å². The number of hydrogen-bond donors (Lipinski definition) is 1. The first-order chi connectivity index (χ1) is 7.31. The van der Waals surface area contributed by atoms with E-state index in [1.165, 1.54) is 6.42 Å². The Bertz CT molecular complexity index is 312. The summed E-state index contributed by atoms with van der Waals surface area (Å²) in [7, 11) is 2.10. The molecule has 2 rings (SSSR count). The van der Waals surface area contributed by atoms with Crippen molar-refractivity contribution in [2.24, 2.45) is 5.73 Å². The average molecular weight is 210 g/mol. The van der Waals surface area contributed by atoms with Crippen LogP contribution in [0.1, 0.15) is 37.1 Å². The Kier molecular flexibility index (Phi) is 3.33. The first-order valence-electron chi connectivity index (χ1n) is 5.54. The standard InChI is InChI=1S/C10H18N4O/c1-14-7-3-4-8(14)10-13-12-9(15-10)5-2-6-11/h8H,2-7,11H2,1H3/t8-/m1/s1. The molecule has 2 N–H and O–H groups in total. The summed E-state index contributed by atoms with van der Waals surface area (Å²) in [6, 6.07) is 0.323. The molecule has 0 saturated carbocycles. The number of aryl methyl sites for hydroxylation is 1. The van der Waals surface area contributed by atoms with Gasteiger partial charge in [-0.1, -0.05) is 0 Å². The molecule has 0 bridgehead atoms. The normalized spacial score (nSPS) is 22.4. The van der Waals surface area contributed by atoms with Crippen LogP contribution in [0.25, 0.3) is 0 Å². The van der Waals surface area contributed by atoms with E-state index in [2.05, 4.69) is 22.1 Å². The van der Waals surface area contributed by atoms with E-state index in [9.17, 15) is 0 Å². The lowest BCUT2D eigenvalue weighted by Gasteiger charge is -2.14. The Hall–Kier alpha value is -0.940. The third-order valence-electron chi connectivity index (χ3n) is 2.88. The van der Waals surface area contributed by atoms with Crippen LogP contribution in [-0.4, -0.2) is 35.2 Å². The van der Waals surface area contributed by atoms with Gasteiger partial charge in [-0.15, -0.1) is 10.2 Å². The number of rotatable bonds is 4. The summed E-state index contributed by atoms with van der Waals surface area (Å²) in [5, 5.41) is 8.14. The van der Waals surface area contributed by atoms with Crippen LogP contribution in [0.3, 0.4) is 0 Å². The maximum atomic E-state index is 5.62. The molecule has 1 fully saturated rings. The highest BCUT2D eigenvalue weighted by Gasteiger charge is 2.27. The maximum absolute atomic E-state index is 5.62. The molecular weight excluding hydrogens is 192 g/mol. The molecule has 2 heterocycles. The molecule has 0 amide bonds. The third kappa shape index (κ3) is 2.35. The highest BCUT2D eigenvalue weighted by molar-refractivity contribution is 4.93. The van der Waals surface area contributed by atoms with Gasteiger partial charge in [0.2, 0.25) is 11.8 Å². The van der Waals surface area contributed by atoms with E-state index in [0.29, 0.717) is 12.6 Å². The molecule has 84 valence electrons. The fraction of sp³-hybridized carbons (Fsp3) is 0.800. The van der Waals surface area contributed by atoms with Gasteiger partial charge in [0.1, 0.15) is 0 Å². The number of hydrogen-bond acceptors (Lipinski definition) is 5. The van der Waals surface area contributed by atoms with Gasteiger partial charge < -0.3 is 10.2 Å². The fourth-order valence-electron chi connectivity index (χ4n) is 1.98. The van der Waals surface area contributed by atoms with Crippen LogP contribution in [0.2, 0.25) is 0 Å². The number of aromatic nitrogens is 2. The van der Waals surface area contributed by atoms with E-state index in [-0.39, 0.29) is 0 Å². The minimum absolute atomic E-state index is 0.323. The molecule has 0 spiro atoms. The first-order valence-corrected chi connectivity index (χ1v) is 5.54. The zero-order valence-corrected chi connectivity index (χ0v) is 9.15. The Balaban J connectivity index is 1.99. The summed E-state index contributed by atoms with van der Waals surface area (Å²) >= 11 is 0. The summed E-state index contributed by atoms with van der Waals surface area (Å²) in [5.41, 5.74) is 5.43. The minimum atomic E-state index is 0.323. The quantitative estimate of drug-likeness (QED) is 0.793. The topological polar surface area (TPSA) is 68.2 Å². The number of nitrogens with two attached hydrogens (primary N) is 1. The molecule has 0 aromatic carbocycles. The van der Waals surface area contributed by atoms with Crippen molar-refractivity contribution in [2.75, 3.05) is 20.1 Å². The van der Waals surface area contributed by atoms with Gasteiger partial charge in [-0.2, -0.15) is 0 Å². The second-order valence-electron chi connectivity index (χ2n) is 4.06. The van der Waals surface area contributed by atoms with Crippen LogP contribution in [0.5, 0.6) is 0 Å². The summed E-state index contributed by atoms with van der Waals surface area (Å²) in [4.78, 5) is 2.26. The van der Waals surface area contributed by atoms with Gasteiger partial charge in [0.25, 0.3) is 0 Å². The summed E-state index contributed by atoms with van der Waals surface area (Å²) in [6.45, 7) is 1.78. The monoisotopic (exact) mass is 210 g/mol. The molecule has 0 unspecified atom stereocenters. The smallest absolute Gasteiger partial charge is 0.233 e. The molecular formula is C10H18N4O. The van der Waals surface area contributed by atoms with Gasteiger partial charge in [-0.05, 0) is 39.4 Å². The molecule has 5 heteroatoms. The molecule has 5 nitrogen and oxygen atoms in total. The zero-order valence-electron chi connectivity index (χ0n) is 9.15. The molecule has 1 saturated heterocycles. The summed E-state index contributed by atoms with van der Waals surface area (Å²) in [5.74, 6) is 1.48. The van der Waals surface area contributed by atoms with Gasteiger partial charge in [0.15, 0.2) is 0 Å². The highest BCUT2D eigenvalue weighted by atomic mass is 16.4. The second kappa shape index (κ2) is 4.72. The molecule has 0 radical (unpaired) electrons. The SMILES string of the molecule is CN1CCC[C@@H]1c1nnc(CCCN)o1. The predicted octanol–water partition coefficient (Wildman–Crippen LogP) is 0.728. The van der Waals surface area contributed by atoms with Crippen LogP contribution in [0.4, 0.5) is 0 Å². The van der Waals surface area contributed by atoms with E-state index in [1.807, 2.05) is 0 Å². The van der Waals surface area contributed by atoms with Crippen LogP contribution in [-0.2, 0) is 6.42 Å². The van der Waals surface area contributed by atoms with Crippen molar-refractivity contribution < 1.29 is 4.42 Å². The van der Waals surface area contributed by atoms with Gasteiger partial charge >= 0.3 is 0 Å². The zero-order chi connectivity index (χ0) is 10.7. The van der Waals surface area contributed by atoms with Crippen molar-refractivity contribution >= 4 is 0 Å². The third-order valence-corrected chi connectivity index (χ3v) is 2.88. The van der Waals surface area contributed by atoms with Crippen molar-refractivity contribution in [2.45, 2.75) is 31.7 Å². The van der Waals surface area contributed by atoms with Crippen LogP contribution < -0.4 is 5.73 Å². The van der Waals surface area contributed by atoms with Gasteiger partial charge in [-0.3, -0.25) is 4.90 Å². The van der Waals surface area contributed by atoms with E-state index < -0.39 is 0 Å². The highest BCUT2D eigenvalue weighted by Crippen LogP contribution is 2.29. The molecule has 1 aromatic rings. The largest absolute Gasteiger partial charge is 0.424 e. The molecule has 1 aliphatic rings. The van der Waals surface area contributed by atoms with Crippen LogP contribution in [0, 0.1) is 0 Å². The lowest BCUT2D eigenvalue weighted by molar-refractivity contribution is 0.263. The first kappa shape index (κ1) is 10.6. The Labute approximate surface area is 89.6 Å². The van der Waals surface area contributed by atoms with Crippen molar-refractivity contribution in [1.29, 1.82) is 0 Å². The lowest BCUT2D eigenvalue weighted by atomic mass is 10.2. The van der Waals surface area contributed by atoms with E-state index in [4.69, 9.17) is 10.2 Å². The van der Waals surface area contributed by atoms with Crippen LogP contribution in [0.15, 0.2) is 4.42 Å². The molecule has 0 aliphatic carbocycles. The van der Waals surface area contributed by atoms with Crippen molar-refractivity contribution in [3.8, 4) is 0 Å². The molecule has 1 aromatic heterocycles. The van der Waals surface area contributed by atoms with Crippen molar-refractivity contribution in [3.63, 3.8) is 0 Å². The van der Waals surface area contributed by atoms with E-state index in [0.717, 1.165) is 37.6 Å². The van der Waals surface area contributed by atoms with E-state index >= 15 is 0 Å². The minimum Gasteiger partial charge on any atom is -0.424 e. The average Bonchev–Trinajstić information content (AvgIpc) is 2.83.